The zero-order chi connectivity index (χ0) is 22.6. The summed E-state index contributed by atoms with van der Waals surface area (Å²) < 4.78 is 38.1. The van der Waals surface area contributed by atoms with Crippen LogP contribution in [0.4, 0.5) is 5.69 Å². The molecule has 3 rings (SSSR count). The largest absolute Gasteiger partial charge is 0.384 e. The summed E-state index contributed by atoms with van der Waals surface area (Å²) in [6, 6.07) is 3.45. The minimum Gasteiger partial charge on any atom is -0.384 e. The first-order chi connectivity index (χ1) is 14.7. The molecule has 10 nitrogen and oxygen atoms in total. The molecule has 12 heteroatoms. The monoisotopic (exact) mass is 471 g/mol. The van der Waals surface area contributed by atoms with Crippen LogP contribution in [-0.2, 0) is 20.8 Å². The number of piperidine rings is 1. The molecule has 2 aliphatic rings. The molecule has 2 fully saturated rings. The molecular formula is C19H33N7O3S2. The van der Waals surface area contributed by atoms with Crippen LogP contribution in [0.2, 0.25) is 0 Å². The number of nitrogens with one attached hydrogen (secondary N) is 4. The van der Waals surface area contributed by atoms with Gasteiger partial charge in [-0.05, 0) is 57.5 Å². The average Bonchev–Trinajstić information content (AvgIpc) is 3.25. The van der Waals surface area contributed by atoms with Gasteiger partial charge in [0.05, 0.1) is 27.1 Å². The lowest BCUT2D eigenvalue weighted by Gasteiger charge is -2.35. The van der Waals surface area contributed by atoms with Gasteiger partial charge in [-0.1, -0.05) is 0 Å². The van der Waals surface area contributed by atoms with Crippen LogP contribution < -0.4 is 31.7 Å². The Morgan fingerprint density at radius 3 is 2.58 bits per heavy atom. The van der Waals surface area contributed by atoms with E-state index in [4.69, 9.17) is 16.3 Å². The Morgan fingerprint density at radius 2 is 2.03 bits per heavy atom. The van der Waals surface area contributed by atoms with Crippen LogP contribution in [0.1, 0.15) is 24.8 Å². The number of nitrogens with two attached hydrogens (primary N) is 2. The van der Waals surface area contributed by atoms with Gasteiger partial charge in [0.2, 0.25) is 10.0 Å². The van der Waals surface area contributed by atoms with E-state index in [1.165, 1.54) is 0 Å². The molecule has 174 valence electrons. The van der Waals surface area contributed by atoms with Gasteiger partial charge >= 0.3 is 0 Å². The highest BCUT2D eigenvalue weighted by atomic mass is 32.2. The fourth-order valence-electron chi connectivity index (χ4n) is 4.31. The van der Waals surface area contributed by atoms with Crippen LogP contribution in [0.3, 0.4) is 0 Å². The number of hydrogen-bond donors (Lipinski definition) is 6. The van der Waals surface area contributed by atoms with Gasteiger partial charge < -0.3 is 26.6 Å². The molecule has 2 aliphatic heterocycles. The summed E-state index contributed by atoms with van der Waals surface area (Å²) in [5.41, 5.74) is 6.43. The quantitative estimate of drug-likeness (QED) is 0.198. The Morgan fingerprint density at radius 1 is 1.32 bits per heavy atom. The predicted molar refractivity (Wildman–Crippen MR) is 123 cm³/mol. The van der Waals surface area contributed by atoms with Crippen LogP contribution in [0.25, 0.3) is 0 Å². The molecule has 1 aromatic rings. The molecule has 2 atom stereocenters. The van der Waals surface area contributed by atoms with E-state index in [1.807, 2.05) is 11.9 Å². The third kappa shape index (κ3) is 5.82. The Labute approximate surface area is 186 Å². The second kappa shape index (κ2) is 10.4. The second-order valence-electron chi connectivity index (χ2n) is 8.12. The van der Waals surface area contributed by atoms with Crippen LogP contribution in [0.5, 0.6) is 0 Å². The Balaban J connectivity index is 1.93. The zero-order valence-electron chi connectivity index (χ0n) is 17.8. The van der Waals surface area contributed by atoms with Crippen molar-refractivity contribution in [1.82, 2.24) is 16.0 Å². The zero-order valence-corrected chi connectivity index (χ0v) is 19.4. The van der Waals surface area contributed by atoms with E-state index in [9.17, 15) is 12.6 Å². The van der Waals surface area contributed by atoms with Crippen LogP contribution in [0.15, 0.2) is 21.9 Å². The number of primary sulfonamides is 1. The van der Waals surface area contributed by atoms with E-state index >= 15 is 0 Å². The first kappa shape index (κ1) is 24.1. The van der Waals surface area contributed by atoms with Crippen molar-refractivity contribution >= 4 is 32.3 Å². The van der Waals surface area contributed by atoms with Crippen molar-refractivity contribution in [3.63, 3.8) is 0 Å². The third-order valence-corrected chi connectivity index (χ3v) is 8.29. The molecule has 2 heterocycles. The molecule has 0 spiro atoms. The Kier molecular flexibility index (Phi) is 8.05. The van der Waals surface area contributed by atoms with Crippen LogP contribution in [-0.4, -0.2) is 70.2 Å². The van der Waals surface area contributed by atoms with Gasteiger partial charge in [-0.15, -0.1) is 0 Å². The van der Waals surface area contributed by atoms with E-state index in [1.54, 1.807) is 12.1 Å². The highest BCUT2D eigenvalue weighted by Crippen LogP contribution is 2.33. The molecule has 1 aromatic carbocycles. The van der Waals surface area contributed by atoms with E-state index in [0.29, 0.717) is 11.6 Å². The third-order valence-electron chi connectivity index (χ3n) is 5.91. The smallest absolute Gasteiger partial charge is 0.240 e. The van der Waals surface area contributed by atoms with E-state index in [2.05, 4.69) is 16.0 Å². The van der Waals surface area contributed by atoms with Gasteiger partial charge in [0.15, 0.2) is 0 Å². The summed E-state index contributed by atoms with van der Waals surface area (Å²) in [4.78, 5) is 1.81. The molecule has 1 unspecified atom stereocenters. The fraction of sp³-hybridized carbons (Fsp3) is 0.632. The van der Waals surface area contributed by atoms with Gasteiger partial charge in [-0.3, -0.25) is 9.62 Å². The first-order valence-corrected chi connectivity index (χ1v) is 13.3. The number of hydrogen-bond acceptors (Lipinski definition) is 8. The molecule has 8 N–H and O–H groups in total. The van der Waals surface area contributed by atoms with Crippen molar-refractivity contribution in [2.75, 3.05) is 50.5 Å². The highest BCUT2D eigenvalue weighted by Gasteiger charge is 2.30. The molecule has 2 saturated heterocycles. The van der Waals surface area contributed by atoms with Gasteiger partial charge in [-0.2, -0.15) is 0 Å². The summed E-state index contributed by atoms with van der Waals surface area (Å²) in [5, 5.41) is 23.2. The molecule has 0 aliphatic carbocycles. The number of sulfonamides is 1. The van der Waals surface area contributed by atoms with E-state index in [-0.39, 0.29) is 27.3 Å². The maximum absolute atomic E-state index is 13.0. The number of rotatable bonds is 9. The predicted octanol–water partition coefficient (Wildman–Crippen LogP) is -0.930. The Bertz CT molecular complexity index is 925. The lowest BCUT2D eigenvalue weighted by atomic mass is 9.96. The molecule has 0 amide bonds. The minimum absolute atomic E-state index is 0.0444. The summed E-state index contributed by atoms with van der Waals surface area (Å²) >= 11 is 0. The van der Waals surface area contributed by atoms with Crippen molar-refractivity contribution in [1.29, 1.82) is 5.41 Å². The molecule has 0 bridgehead atoms. The number of benzene rings is 1. The lowest BCUT2D eigenvalue weighted by molar-refractivity contribution is 0.393. The average molecular weight is 472 g/mol. The number of nitrogen functional groups attached to an aromatic ring is 1. The minimum atomic E-state index is -4.26. The molecule has 0 aromatic heterocycles. The standard InChI is InChI=1S/C19H33N7O3S2/c1-23-10-13-5-8-26(9-6-13)15-2-3-16(18(31(22,28)29)17(15)19(20)21)30(27)12-25-14-4-7-24-11-14/h2-3,13-14,23-25H,4-12H2,1H3,(H3,20,21)(H2,22,28,29)/t14-,30?/m1/s1. The van der Waals surface area contributed by atoms with Gasteiger partial charge in [0, 0.05) is 31.4 Å². The summed E-state index contributed by atoms with van der Waals surface area (Å²) in [5.74, 6) is 0.242. The van der Waals surface area contributed by atoms with Crippen molar-refractivity contribution in [2.24, 2.45) is 16.8 Å². The topological polar surface area (TPSA) is 166 Å². The number of amidine groups is 1. The molecule has 0 saturated carbocycles. The SMILES string of the molecule is CNCC1CCN(c2ccc(S(=O)CN[C@@H]3CCNC3)c(S(N)(=O)=O)c2C(=N)N)CC1. The van der Waals surface area contributed by atoms with Crippen molar-refractivity contribution < 1.29 is 12.6 Å². The highest BCUT2D eigenvalue weighted by molar-refractivity contribution is 7.91. The fourth-order valence-corrected chi connectivity index (χ4v) is 6.85. The van der Waals surface area contributed by atoms with E-state index < -0.39 is 26.7 Å². The van der Waals surface area contributed by atoms with Crippen LogP contribution in [0, 0.1) is 11.3 Å². The van der Waals surface area contributed by atoms with Crippen molar-refractivity contribution in [3.8, 4) is 0 Å². The number of anilines is 1. The van der Waals surface area contributed by atoms with Gasteiger partial charge in [0.1, 0.15) is 10.7 Å². The molecule has 0 radical (unpaired) electrons. The second-order valence-corrected chi connectivity index (χ2v) is 11.0. The van der Waals surface area contributed by atoms with Crippen LogP contribution >= 0.6 is 0 Å². The van der Waals surface area contributed by atoms with Crippen molar-refractivity contribution in [2.45, 2.75) is 35.1 Å². The van der Waals surface area contributed by atoms with Gasteiger partial charge in [0.25, 0.3) is 0 Å². The summed E-state index contributed by atoms with van der Waals surface area (Å²) in [7, 11) is -4.00. The summed E-state index contributed by atoms with van der Waals surface area (Å²) in [6.45, 7) is 4.03. The van der Waals surface area contributed by atoms with Crippen molar-refractivity contribution in [3.05, 3.63) is 17.7 Å². The van der Waals surface area contributed by atoms with Gasteiger partial charge in [-0.25, -0.2) is 13.6 Å². The Hall–Kier alpha value is -1.57. The lowest BCUT2D eigenvalue weighted by Crippen LogP contribution is -2.38. The first-order valence-electron chi connectivity index (χ1n) is 10.5. The summed E-state index contributed by atoms with van der Waals surface area (Å²) in [6.07, 6.45) is 2.80. The molecule has 31 heavy (non-hydrogen) atoms. The molecular weight excluding hydrogens is 438 g/mol. The van der Waals surface area contributed by atoms with E-state index in [0.717, 1.165) is 52.0 Å². The maximum Gasteiger partial charge on any atom is 0.240 e. The number of nitrogens with zero attached hydrogens (tertiary/aromatic N) is 1. The normalized spacial score (nSPS) is 21.4. The maximum atomic E-state index is 13.0.